The van der Waals surface area contributed by atoms with Crippen molar-refractivity contribution in [3.63, 3.8) is 0 Å². The Morgan fingerprint density at radius 1 is 1.35 bits per heavy atom. The van der Waals surface area contributed by atoms with E-state index >= 15 is 0 Å². The number of carbonyl (C=O) groups is 1. The van der Waals surface area contributed by atoms with Gasteiger partial charge in [-0.15, -0.1) is 0 Å². The van der Waals surface area contributed by atoms with Crippen LogP contribution in [-0.4, -0.2) is 54.4 Å². The Labute approximate surface area is 122 Å². The Morgan fingerprint density at radius 2 is 2.10 bits per heavy atom. The highest BCUT2D eigenvalue weighted by Gasteiger charge is 2.11. The van der Waals surface area contributed by atoms with Crippen LogP contribution in [0.4, 0.5) is 5.69 Å². The largest absolute Gasteiger partial charge is 0.385 e. The van der Waals surface area contributed by atoms with Gasteiger partial charge in [0.2, 0.25) is 5.91 Å². The molecule has 0 saturated carbocycles. The van der Waals surface area contributed by atoms with Crippen LogP contribution in [0, 0.1) is 0 Å². The number of pyridine rings is 1. The molecule has 1 N–H and O–H groups in total. The Bertz CT molecular complexity index is 420. The molecule has 1 aromatic rings. The molecule has 0 aliphatic rings. The van der Waals surface area contributed by atoms with Gasteiger partial charge in [-0.25, -0.2) is 0 Å². The van der Waals surface area contributed by atoms with Gasteiger partial charge in [-0.1, -0.05) is 13.8 Å². The van der Waals surface area contributed by atoms with E-state index in [4.69, 9.17) is 0 Å². The second-order valence-electron chi connectivity index (χ2n) is 5.05. The SMILES string of the molecule is CCCNc1ccnc(CN(CC)CC(=O)N(C)C)c1. The van der Waals surface area contributed by atoms with Crippen molar-refractivity contribution < 1.29 is 4.79 Å². The number of anilines is 1. The minimum absolute atomic E-state index is 0.118. The third-order valence-electron chi connectivity index (χ3n) is 3.09. The maximum atomic E-state index is 11.8. The second kappa shape index (κ2) is 8.53. The third-order valence-corrected chi connectivity index (χ3v) is 3.09. The number of hydrogen-bond acceptors (Lipinski definition) is 4. The fourth-order valence-electron chi connectivity index (χ4n) is 1.79. The Hall–Kier alpha value is -1.62. The van der Waals surface area contributed by atoms with Crippen molar-refractivity contribution in [3.8, 4) is 0 Å². The zero-order valence-corrected chi connectivity index (χ0v) is 13.0. The van der Waals surface area contributed by atoms with Crippen LogP contribution in [0.3, 0.4) is 0 Å². The average molecular weight is 278 g/mol. The lowest BCUT2D eigenvalue weighted by Gasteiger charge is -2.21. The summed E-state index contributed by atoms with van der Waals surface area (Å²) in [6.07, 6.45) is 2.91. The van der Waals surface area contributed by atoms with Gasteiger partial charge in [-0.05, 0) is 25.1 Å². The number of aromatic nitrogens is 1. The van der Waals surface area contributed by atoms with Crippen LogP contribution in [0.15, 0.2) is 18.3 Å². The van der Waals surface area contributed by atoms with Crippen LogP contribution in [0.1, 0.15) is 26.0 Å². The van der Waals surface area contributed by atoms with E-state index in [0.717, 1.165) is 30.9 Å². The van der Waals surface area contributed by atoms with Crippen molar-refractivity contribution in [1.82, 2.24) is 14.8 Å². The maximum absolute atomic E-state index is 11.8. The molecule has 5 nitrogen and oxygen atoms in total. The van der Waals surface area contributed by atoms with Crippen LogP contribution in [-0.2, 0) is 11.3 Å². The van der Waals surface area contributed by atoms with E-state index in [2.05, 4.69) is 35.1 Å². The van der Waals surface area contributed by atoms with E-state index in [-0.39, 0.29) is 5.91 Å². The first-order valence-corrected chi connectivity index (χ1v) is 7.18. The molecular weight excluding hydrogens is 252 g/mol. The van der Waals surface area contributed by atoms with Gasteiger partial charge in [-0.2, -0.15) is 0 Å². The number of carbonyl (C=O) groups excluding carboxylic acids is 1. The number of nitrogens with zero attached hydrogens (tertiary/aromatic N) is 3. The molecule has 112 valence electrons. The highest BCUT2D eigenvalue weighted by Crippen LogP contribution is 2.10. The normalized spacial score (nSPS) is 10.7. The van der Waals surface area contributed by atoms with Crippen LogP contribution in [0.5, 0.6) is 0 Å². The number of likely N-dealkylation sites (N-methyl/N-ethyl adjacent to an activating group) is 2. The van der Waals surface area contributed by atoms with Crippen molar-refractivity contribution in [2.24, 2.45) is 0 Å². The second-order valence-corrected chi connectivity index (χ2v) is 5.05. The molecule has 0 aliphatic carbocycles. The minimum atomic E-state index is 0.118. The van der Waals surface area contributed by atoms with E-state index in [1.807, 2.05) is 12.3 Å². The molecule has 0 unspecified atom stereocenters. The zero-order valence-electron chi connectivity index (χ0n) is 13.0. The molecule has 0 saturated heterocycles. The number of rotatable bonds is 8. The molecule has 20 heavy (non-hydrogen) atoms. The molecule has 1 rings (SSSR count). The monoisotopic (exact) mass is 278 g/mol. The predicted octanol–water partition coefficient (Wildman–Crippen LogP) is 1.81. The molecule has 5 heteroatoms. The van der Waals surface area contributed by atoms with Crippen molar-refractivity contribution in [2.45, 2.75) is 26.8 Å². The van der Waals surface area contributed by atoms with E-state index < -0.39 is 0 Å². The summed E-state index contributed by atoms with van der Waals surface area (Å²) >= 11 is 0. The minimum Gasteiger partial charge on any atom is -0.385 e. The first-order valence-electron chi connectivity index (χ1n) is 7.18. The van der Waals surface area contributed by atoms with Gasteiger partial charge in [0.15, 0.2) is 0 Å². The molecule has 1 aromatic heterocycles. The topological polar surface area (TPSA) is 48.5 Å². The van der Waals surface area contributed by atoms with Crippen LogP contribution < -0.4 is 5.32 Å². The predicted molar refractivity (Wildman–Crippen MR) is 82.7 cm³/mol. The van der Waals surface area contributed by atoms with E-state index in [1.165, 1.54) is 0 Å². The summed E-state index contributed by atoms with van der Waals surface area (Å²) in [5.74, 6) is 0.118. The molecule has 0 radical (unpaired) electrons. The van der Waals surface area contributed by atoms with Crippen LogP contribution in [0.2, 0.25) is 0 Å². The molecule has 0 fully saturated rings. The van der Waals surface area contributed by atoms with Crippen molar-refractivity contribution in [3.05, 3.63) is 24.0 Å². The maximum Gasteiger partial charge on any atom is 0.236 e. The van der Waals surface area contributed by atoms with Crippen molar-refractivity contribution in [1.29, 1.82) is 0 Å². The van der Waals surface area contributed by atoms with Gasteiger partial charge in [-0.3, -0.25) is 14.7 Å². The lowest BCUT2D eigenvalue weighted by Crippen LogP contribution is -2.36. The number of nitrogens with one attached hydrogen (secondary N) is 1. The summed E-state index contributed by atoms with van der Waals surface area (Å²) in [6, 6.07) is 4.03. The smallest absolute Gasteiger partial charge is 0.236 e. The lowest BCUT2D eigenvalue weighted by atomic mass is 10.3. The van der Waals surface area contributed by atoms with Gasteiger partial charge < -0.3 is 10.2 Å². The summed E-state index contributed by atoms with van der Waals surface area (Å²) < 4.78 is 0. The van der Waals surface area contributed by atoms with Gasteiger partial charge >= 0.3 is 0 Å². The summed E-state index contributed by atoms with van der Waals surface area (Å²) in [6.45, 7) is 7.10. The summed E-state index contributed by atoms with van der Waals surface area (Å²) in [5.41, 5.74) is 2.08. The highest BCUT2D eigenvalue weighted by molar-refractivity contribution is 5.77. The Balaban J connectivity index is 2.62. The van der Waals surface area contributed by atoms with E-state index in [9.17, 15) is 4.79 Å². The summed E-state index contributed by atoms with van der Waals surface area (Å²) in [7, 11) is 3.56. The fourth-order valence-corrected chi connectivity index (χ4v) is 1.79. The molecular formula is C15H26N4O. The molecule has 1 amide bonds. The van der Waals surface area contributed by atoms with Gasteiger partial charge in [0, 0.05) is 39.1 Å². The van der Waals surface area contributed by atoms with E-state index in [0.29, 0.717) is 13.1 Å². The average Bonchev–Trinajstić information content (AvgIpc) is 2.44. The first-order chi connectivity index (χ1) is 9.56. The molecule has 0 aliphatic heterocycles. The third kappa shape index (κ3) is 5.57. The lowest BCUT2D eigenvalue weighted by molar-refractivity contribution is -0.130. The first kappa shape index (κ1) is 16.4. The fraction of sp³-hybridized carbons (Fsp3) is 0.600. The summed E-state index contributed by atoms with van der Waals surface area (Å²) in [5, 5.41) is 3.35. The standard InChI is InChI=1S/C15H26N4O/c1-5-8-16-13-7-9-17-14(10-13)11-19(6-2)12-15(20)18(3)4/h7,9-10H,5-6,8,11-12H2,1-4H3,(H,16,17). The van der Waals surface area contributed by atoms with Gasteiger partial charge in [0.25, 0.3) is 0 Å². The Morgan fingerprint density at radius 3 is 2.70 bits per heavy atom. The van der Waals surface area contributed by atoms with Gasteiger partial charge in [0.05, 0.1) is 12.2 Å². The van der Waals surface area contributed by atoms with Crippen LogP contribution in [0.25, 0.3) is 0 Å². The Kier molecular flexibility index (Phi) is 7.01. The van der Waals surface area contributed by atoms with Crippen LogP contribution >= 0.6 is 0 Å². The molecule has 0 atom stereocenters. The highest BCUT2D eigenvalue weighted by atomic mass is 16.2. The van der Waals surface area contributed by atoms with E-state index in [1.54, 1.807) is 19.0 Å². The van der Waals surface area contributed by atoms with Crippen molar-refractivity contribution in [2.75, 3.05) is 39.0 Å². The molecule has 0 spiro atoms. The summed E-state index contributed by atoms with van der Waals surface area (Å²) in [4.78, 5) is 19.9. The number of amides is 1. The zero-order chi connectivity index (χ0) is 15.0. The molecule has 0 aromatic carbocycles. The van der Waals surface area contributed by atoms with Gasteiger partial charge in [0.1, 0.15) is 0 Å². The molecule has 0 bridgehead atoms. The number of hydrogen-bond donors (Lipinski definition) is 1. The molecule has 1 heterocycles. The van der Waals surface area contributed by atoms with Crippen molar-refractivity contribution >= 4 is 11.6 Å². The quantitative estimate of drug-likeness (QED) is 0.788.